The van der Waals surface area contributed by atoms with Gasteiger partial charge in [0.2, 0.25) is 0 Å². The summed E-state index contributed by atoms with van der Waals surface area (Å²) < 4.78 is 4.31. The SMILES string of the molecule is COCCl.c1ccc(P(c2ccccc2)c2ccccc2)cc1. The largest absolute Gasteiger partial charge is 0.369 e. The van der Waals surface area contributed by atoms with Crippen LogP contribution in [0.4, 0.5) is 0 Å². The molecule has 0 amide bonds. The van der Waals surface area contributed by atoms with Crippen molar-refractivity contribution in [3.8, 4) is 0 Å². The maximum Gasteiger partial charge on any atom is 0.120 e. The minimum atomic E-state index is -0.446. The van der Waals surface area contributed by atoms with Gasteiger partial charge in [-0.25, -0.2) is 0 Å². The Hall–Kier alpha value is -1.66. The van der Waals surface area contributed by atoms with Crippen molar-refractivity contribution in [2.24, 2.45) is 0 Å². The van der Waals surface area contributed by atoms with E-state index in [9.17, 15) is 0 Å². The van der Waals surface area contributed by atoms with Gasteiger partial charge >= 0.3 is 0 Å². The van der Waals surface area contributed by atoms with Crippen LogP contribution in [-0.2, 0) is 4.74 Å². The Labute approximate surface area is 144 Å². The maximum absolute atomic E-state index is 4.96. The molecule has 0 N–H and O–H groups in total. The zero-order valence-electron chi connectivity index (χ0n) is 13.1. The first-order valence-electron chi connectivity index (χ1n) is 7.37. The van der Waals surface area contributed by atoms with Gasteiger partial charge in [-0.3, -0.25) is 0 Å². The Morgan fingerprint density at radius 1 is 0.652 bits per heavy atom. The van der Waals surface area contributed by atoms with Gasteiger partial charge in [0, 0.05) is 7.11 Å². The lowest BCUT2D eigenvalue weighted by atomic mass is 10.4. The average molecular weight is 343 g/mol. The van der Waals surface area contributed by atoms with Crippen LogP contribution in [-0.4, -0.2) is 13.2 Å². The first-order chi connectivity index (χ1) is 11.4. The predicted molar refractivity (Wildman–Crippen MR) is 103 cm³/mol. The Morgan fingerprint density at radius 2 is 0.913 bits per heavy atom. The van der Waals surface area contributed by atoms with Crippen molar-refractivity contribution in [1.29, 1.82) is 0 Å². The Kier molecular flexibility index (Phi) is 7.83. The summed E-state index contributed by atoms with van der Waals surface area (Å²) in [7, 11) is 1.10. The average Bonchev–Trinajstić information content (AvgIpc) is 2.65. The zero-order chi connectivity index (χ0) is 16.3. The number of halogens is 1. The molecule has 0 spiro atoms. The van der Waals surface area contributed by atoms with Crippen LogP contribution in [0.3, 0.4) is 0 Å². The standard InChI is InChI=1S/C18H15P.C2H5ClO/c1-4-10-16(11-5-1)19(17-12-6-2-7-13-17)18-14-8-3-9-15-18;1-4-2-3/h1-15H;2H2,1H3. The van der Waals surface area contributed by atoms with Crippen LogP contribution in [0.5, 0.6) is 0 Å². The fourth-order valence-corrected chi connectivity index (χ4v) is 4.48. The maximum atomic E-state index is 4.96. The molecule has 0 saturated carbocycles. The van der Waals surface area contributed by atoms with Gasteiger partial charge < -0.3 is 4.74 Å². The molecule has 0 fully saturated rings. The van der Waals surface area contributed by atoms with E-state index in [0.29, 0.717) is 6.07 Å². The van der Waals surface area contributed by atoms with E-state index in [0.717, 1.165) is 0 Å². The summed E-state index contributed by atoms with van der Waals surface area (Å²) in [4.78, 5) is 0. The first-order valence-corrected chi connectivity index (χ1v) is 9.24. The molecule has 1 nitrogen and oxygen atoms in total. The topological polar surface area (TPSA) is 9.23 Å². The van der Waals surface area contributed by atoms with Gasteiger partial charge in [0.1, 0.15) is 6.07 Å². The molecule has 0 heterocycles. The quantitative estimate of drug-likeness (QED) is 0.508. The lowest BCUT2D eigenvalue weighted by Gasteiger charge is -2.18. The first kappa shape index (κ1) is 17.7. The molecule has 0 aliphatic heterocycles. The summed E-state index contributed by atoms with van der Waals surface area (Å²) in [6.45, 7) is 0. The monoisotopic (exact) mass is 342 g/mol. The molecule has 0 aliphatic carbocycles. The second-order valence-corrected chi connectivity index (χ2v) is 7.18. The van der Waals surface area contributed by atoms with Crippen molar-refractivity contribution in [2.75, 3.05) is 13.2 Å². The molecule has 0 radical (unpaired) electrons. The lowest BCUT2D eigenvalue weighted by molar-refractivity contribution is 0.254. The molecule has 0 saturated heterocycles. The van der Waals surface area contributed by atoms with Crippen LogP contribution in [0, 0.1) is 0 Å². The number of benzene rings is 3. The number of rotatable bonds is 4. The molecule has 0 aliphatic rings. The number of ether oxygens (including phenoxy) is 1. The Morgan fingerprint density at radius 3 is 1.13 bits per heavy atom. The van der Waals surface area contributed by atoms with Gasteiger partial charge in [-0.2, -0.15) is 0 Å². The van der Waals surface area contributed by atoms with Crippen LogP contribution in [0.1, 0.15) is 0 Å². The number of alkyl halides is 1. The normalized spacial score (nSPS) is 10.0. The molecule has 3 aromatic rings. The van der Waals surface area contributed by atoms with Crippen molar-refractivity contribution in [2.45, 2.75) is 0 Å². The van der Waals surface area contributed by atoms with Crippen molar-refractivity contribution in [3.63, 3.8) is 0 Å². The summed E-state index contributed by atoms with van der Waals surface area (Å²) >= 11 is 4.96. The fraction of sp³-hybridized carbons (Fsp3) is 0.100. The van der Waals surface area contributed by atoms with Gasteiger partial charge in [0.05, 0.1) is 0 Å². The van der Waals surface area contributed by atoms with Gasteiger partial charge in [-0.05, 0) is 23.8 Å². The van der Waals surface area contributed by atoms with Gasteiger partial charge in [-0.15, -0.1) is 0 Å². The second-order valence-electron chi connectivity index (χ2n) is 4.74. The molecule has 0 unspecified atom stereocenters. The van der Waals surface area contributed by atoms with Crippen molar-refractivity contribution < 1.29 is 4.74 Å². The smallest absolute Gasteiger partial charge is 0.120 e. The molecule has 118 valence electrons. The van der Waals surface area contributed by atoms with E-state index in [1.54, 1.807) is 7.11 Å². The molecule has 3 heteroatoms. The minimum Gasteiger partial charge on any atom is -0.369 e. The summed E-state index contributed by atoms with van der Waals surface area (Å²) in [5, 5.41) is 4.19. The van der Waals surface area contributed by atoms with Crippen molar-refractivity contribution in [3.05, 3.63) is 91.0 Å². The molecule has 0 atom stereocenters. The lowest BCUT2D eigenvalue weighted by Crippen LogP contribution is -2.20. The molecule has 0 aromatic heterocycles. The molecule has 3 rings (SSSR count). The van der Waals surface area contributed by atoms with E-state index < -0.39 is 7.92 Å². The number of methoxy groups -OCH3 is 1. The third-order valence-electron chi connectivity index (χ3n) is 3.15. The highest BCUT2D eigenvalue weighted by Gasteiger charge is 2.14. The predicted octanol–water partition coefficient (Wildman–Crippen LogP) is 4.27. The van der Waals surface area contributed by atoms with Crippen LogP contribution in [0.15, 0.2) is 91.0 Å². The number of hydrogen-bond donors (Lipinski definition) is 0. The third-order valence-corrected chi connectivity index (χ3v) is 5.81. The van der Waals surface area contributed by atoms with E-state index in [-0.39, 0.29) is 0 Å². The molecular weight excluding hydrogens is 323 g/mol. The van der Waals surface area contributed by atoms with Crippen LogP contribution < -0.4 is 15.9 Å². The van der Waals surface area contributed by atoms with Gasteiger partial charge in [0.15, 0.2) is 0 Å². The molecule has 0 bridgehead atoms. The zero-order valence-corrected chi connectivity index (χ0v) is 14.8. The third kappa shape index (κ3) is 5.48. The summed E-state index contributed by atoms with van der Waals surface area (Å²) in [5.74, 6) is 0. The highest BCUT2D eigenvalue weighted by molar-refractivity contribution is 7.79. The van der Waals surface area contributed by atoms with Crippen molar-refractivity contribution >= 4 is 35.4 Å². The van der Waals surface area contributed by atoms with E-state index in [1.807, 2.05) is 0 Å². The van der Waals surface area contributed by atoms with Crippen LogP contribution >= 0.6 is 19.5 Å². The summed E-state index contributed by atoms with van der Waals surface area (Å²) in [5.41, 5.74) is 0. The highest BCUT2D eigenvalue weighted by Crippen LogP contribution is 2.32. The van der Waals surface area contributed by atoms with Crippen LogP contribution in [0.2, 0.25) is 0 Å². The van der Waals surface area contributed by atoms with E-state index in [1.165, 1.54) is 15.9 Å². The minimum absolute atomic E-state index is 0.292. The molecular formula is C20H20ClOP. The molecule has 23 heavy (non-hydrogen) atoms. The van der Waals surface area contributed by atoms with E-state index in [2.05, 4.69) is 95.7 Å². The van der Waals surface area contributed by atoms with E-state index >= 15 is 0 Å². The Bertz CT molecular complexity index is 563. The number of hydrogen-bond acceptors (Lipinski definition) is 1. The van der Waals surface area contributed by atoms with Gasteiger partial charge in [-0.1, -0.05) is 103 Å². The van der Waals surface area contributed by atoms with Gasteiger partial charge in [0.25, 0.3) is 0 Å². The summed E-state index contributed by atoms with van der Waals surface area (Å²) in [6, 6.07) is 32.6. The van der Waals surface area contributed by atoms with E-state index in [4.69, 9.17) is 11.6 Å². The Balaban J connectivity index is 0.000000433. The second kappa shape index (κ2) is 10.2. The van der Waals surface area contributed by atoms with Crippen molar-refractivity contribution in [1.82, 2.24) is 0 Å². The molecule has 3 aromatic carbocycles. The fourth-order valence-electron chi connectivity index (χ4n) is 2.18. The van der Waals surface area contributed by atoms with Crippen LogP contribution in [0.25, 0.3) is 0 Å². The summed E-state index contributed by atoms with van der Waals surface area (Å²) in [6.07, 6.45) is 0. The highest BCUT2D eigenvalue weighted by atomic mass is 35.5.